The molecule has 3 N–H and O–H groups in total. The van der Waals surface area contributed by atoms with E-state index in [1.165, 1.54) is 6.92 Å². The predicted molar refractivity (Wildman–Crippen MR) is 124 cm³/mol. The third kappa shape index (κ3) is 4.58. The molecule has 4 rings (SSSR count). The fraction of sp³-hybridized carbons (Fsp3) is 0.423. The van der Waals surface area contributed by atoms with Crippen LogP contribution in [0.2, 0.25) is 0 Å². The van der Waals surface area contributed by atoms with Gasteiger partial charge in [-0.25, -0.2) is 4.79 Å². The molecule has 2 unspecified atom stereocenters. The Morgan fingerprint density at radius 3 is 2.27 bits per heavy atom. The van der Waals surface area contributed by atoms with E-state index in [9.17, 15) is 14.4 Å². The molecule has 174 valence electrons. The highest BCUT2D eigenvalue weighted by atomic mass is 16.5. The lowest BCUT2D eigenvalue weighted by atomic mass is 9.73. The monoisotopic (exact) mass is 450 g/mol. The van der Waals surface area contributed by atoms with Crippen molar-refractivity contribution in [3.05, 3.63) is 59.7 Å². The summed E-state index contributed by atoms with van der Waals surface area (Å²) in [6.07, 6.45) is 2.36. The van der Waals surface area contributed by atoms with E-state index in [0.717, 1.165) is 35.1 Å². The van der Waals surface area contributed by atoms with Crippen molar-refractivity contribution >= 4 is 18.0 Å². The molecule has 0 aliphatic heterocycles. The van der Waals surface area contributed by atoms with Crippen LogP contribution in [-0.4, -0.2) is 41.3 Å². The predicted octanol–water partition coefficient (Wildman–Crippen LogP) is 4.06. The molecule has 1 saturated carbocycles. The van der Waals surface area contributed by atoms with E-state index in [4.69, 9.17) is 9.84 Å². The number of amides is 2. The first kappa shape index (κ1) is 22.8. The van der Waals surface area contributed by atoms with Gasteiger partial charge in [0.2, 0.25) is 5.91 Å². The number of ether oxygens (including phenoxy) is 1. The Kier molecular flexibility index (Phi) is 6.40. The van der Waals surface area contributed by atoms with Crippen molar-refractivity contribution in [1.29, 1.82) is 0 Å². The van der Waals surface area contributed by atoms with Crippen LogP contribution in [0.1, 0.15) is 56.6 Å². The first-order valence-corrected chi connectivity index (χ1v) is 11.5. The van der Waals surface area contributed by atoms with E-state index in [1.807, 2.05) is 31.2 Å². The van der Waals surface area contributed by atoms with Gasteiger partial charge in [-0.3, -0.25) is 9.59 Å². The van der Waals surface area contributed by atoms with Gasteiger partial charge in [0, 0.05) is 5.92 Å². The highest BCUT2D eigenvalue weighted by Crippen LogP contribution is 2.44. The molecule has 0 aromatic heterocycles. The molecule has 0 heterocycles. The van der Waals surface area contributed by atoms with Crippen LogP contribution in [0.3, 0.4) is 0 Å². The Morgan fingerprint density at radius 1 is 1.06 bits per heavy atom. The molecule has 2 amide bonds. The van der Waals surface area contributed by atoms with E-state index in [-0.39, 0.29) is 18.4 Å². The Bertz CT molecular complexity index is 1020. The molecule has 0 spiro atoms. The van der Waals surface area contributed by atoms with Crippen LogP contribution in [0.5, 0.6) is 0 Å². The van der Waals surface area contributed by atoms with Gasteiger partial charge in [0.25, 0.3) is 0 Å². The van der Waals surface area contributed by atoms with Gasteiger partial charge in [0.05, 0.1) is 11.5 Å². The zero-order chi connectivity index (χ0) is 23.6. The topological polar surface area (TPSA) is 105 Å². The summed E-state index contributed by atoms with van der Waals surface area (Å²) in [4.78, 5) is 36.8. The lowest BCUT2D eigenvalue weighted by Crippen LogP contribution is -2.58. The molecule has 2 aliphatic rings. The fourth-order valence-electron chi connectivity index (χ4n) is 5.15. The fourth-order valence-corrected chi connectivity index (χ4v) is 5.15. The maximum absolute atomic E-state index is 12.8. The van der Waals surface area contributed by atoms with Crippen molar-refractivity contribution in [2.75, 3.05) is 6.61 Å². The number of hydrogen-bond acceptors (Lipinski definition) is 4. The first-order valence-electron chi connectivity index (χ1n) is 11.5. The van der Waals surface area contributed by atoms with Crippen LogP contribution in [-0.2, 0) is 14.3 Å². The highest BCUT2D eigenvalue weighted by Gasteiger charge is 2.43. The van der Waals surface area contributed by atoms with Gasteiger partial charge < -0.3 is 20.5 Å². The second kappa shape index (κ2) is 9.25. The summed E-state index contributed by atoms with van der Waals surface area (Å²) >= 11 is 0. The van der Waals surface area contributed by atoms with E-state index < -0.39 is 29.6 Å². The minimum atomic E-state index is -1.09. The SMILES string of the molecule is C[C@H](NC(=O)C1CCCCC1(C)NC(=O)OCC1c2ccccc2-c2ccccc21)C(=O)O. The van der Waals surface area contributed by atoms with Gasteiger partial charge in [-0.05, 0) is 48.9 Å². The van der Waals surface area contributed by atoms with Gasteiger partial charge in [0.15, 0.2) is 0 Å². The molecule has 7 heteroatoms. The van der Waals surface area contributed by atoms with Crippen LogP contribution in [0.4, 0.5) is 4.79 Å². The molecule has 33 heavy (non-hydrogen) atoms. The number of benzene rings is 2. The number of fused-ring (bicyclic) bond motifs is 3. The smallest absolute Gasteiger partial charge is 0.407 e. The number of carbonyl (C=O) groups excluding carboxylic acids is 2. The summed E-state index contributed by atoms with van der Waals surface area (Å²) in [6, 6.07) is 15.3. The normalized spacial score (nSPS) is 22.5. The van der Waals surface area contributed by atoms with Crippen molar-refractivity contribution < 1.29 is 24.2 Å². The summed E-state index contributed by atoms with van der Waals surface area (Å²) in [5.41, 5.74) is 3.78. The van der Waals surface area contributed by atoms with Gasteiger partial charge in [-0.2, -0.15) is 0 Å². The first-order chi connectivity index (χ1) is 15.8. The van der Waals surface area contributed by atoms with Crippen LogP contribution in [0, 0.1) is 5.92 Å². The molecule has 0 radical (unpaired) electrons. The van der Waals surface area contributed by atoms with Gasteiger partial charge >= 0.3 is 12.1 Å². The standard InChI is InChI=1S/C26H30N2O5/c1-16(24(30)31)27-23(29)22-13-7-8-14-26(22,2)28-25(32)33-15-21-19-11-5-3-9-17(19)18-10-4-6-12-20(18)21/h3-6,9-12,16,21-22H,7-8,13-15H2,1-2H3,(H,27,29)(H,28,32)(H,30,31)/t16-,22?,26?/m0/s1. The average Bonchev–Trinajstić information content (AvgIpc) is 3.11. The number of carbonyl (C=O) groups is 3. The summed E-state index contributed by atoms with van der Waals surface area (Å²) in [5.74, 6) is -2.01. The van der Waals surface area contributed by atoms with Crippen LogP contribution in [0.25, 0.3) is 11.1 Å². The molecule has 7 nitrogen and oxygen atoms in total. The molecule has 0 saturated heterocycles. The van der Waals surface area contributed by atoms with Gasteiger partial charge in [-0.1, -0.05) is 61.4 Å². The van der Waals surface area contributed by atoms with Crippen molar-refractivity contribution in [2.45, 2.75) is 57.0 Å². The zero-order valence-corrected chi connectivity index (χ0v) is 19.0. The van der Waals surface area contributed by atoms with Gasteiger partial charge in [-0.15, -0.1) is 0 Å². The highest BCUT2D eigenvalue weighted by molar-refractivity contribution is 5.86. The third-order valence-corrected chi connectivity index (χ3v) is 6.98. The maximum Gasteiger partial charge on any atom is 0.407 e. The van der Waals surface area contributed by atoms with Crippen molar-refractivity contribution in [3.63, 3.8) is 0 Å². The van der Waals surface area contributed by atoms with Crippen LogP contribution >= 0.6 is 0 Å². The molecule has 0 bridgehead atoms. The van der Waals surface area contributed by atoms with Crippen molar-refractivity contribution in [3.8, 4) is 11.1 Å². The number of nitrogens with one attached hydrogen (secondary N) is 2. The Morgan fingerprint density at radius 2 is 1.67 bits per heavy atom. The van der Waals surface area contributed by atoms with Gasteiger partial charge in [0.1, 0.15) is 12.6 Å². The lowest BCUT2D eigenvalue weighted by Gasteiger charge is -2.41. The number of alkyl carbamates (subject to hydrolysis) is 1. The zero-order valence-electron chi connectivity index (χ0n) is 19.0. The molecule has 2 aromatic carbocycles. The Hall–Kier alpha value is -3.35. The average molecular weight is 451 g/mol. The number of rotatable bonds is 6. The Balaban J connectivity index is 1.44. The number of hydrogen-bond donors (Lipinski definition) is 3. The second-order valence-electron chi connectivity index (χ2n) is 9.23. The molecule has 2 aliphatic carbocycles. The molecule has 1 fully saturated rings. The minimum Gasteiger partial charge on any atom is -0.480 e. The van der Waals surface area contributed by atoms with E-state index in [1.54, 1.807) is 0 Å². The minimum absolute atomic E-state index is 0.0437. The Labute approximate surface area is 193 Å². The number of carboxylic acid groups (broad SMARTS) is 1. The van der Waals surface area contributed by atoms with E-state index >= 15 is 0 Å². The van der Waals surface area contributed by atoms with Crippen molar-refractivity contribution in [2.24, 2.45) is 5.92 Å². The summed E-state index contributed by atoms with van der Waals surface area (Å²) in [7, 11) is 0. The summed E-state index contributed by atoms with van der Waals surface area (Å²) < 4.78 is 5.68. The third-order valence-electron chi connectivity index (χ3n) is 6.98. The lowest BCUT2D eigenvalue weighted by molar-refractivity contribution is -0.142. The van der Waals surface area contributed by atoms with Crippen LogP contribution in [0.15, 0.2) is 48.5 Å². The van der Waals surface area contributed by atoms with Crippen LogP contribution < -0.4 is 10.6 Å². The summed E-state index contributed by atoms with van der Waals surface area (Å²) in [5, 5.41) is 14.6. The maximum atomic E-state index is 12.8. The second-order valence-corrected chi connectivity index (χ2v) is 9.23. The largest absolute Gasteiger partial charge is 0.480 e. The molecular formula is C26H30N2O5. The number of aliphatic carboxylic acids is 1. The molecular weight excluding hydrogens is 420 g/mol. The quantitative estimate of drug-likeness (QED) is 0.616. The van der Waals surface area contributed by atoms with E-state index in [2.05, 4.69) is 34.9 Å². The molecule has 3 atom stereocenters. The summed E-state index contributed by atoms with van der Waals surface area (Å²) in [6.45, 7) is 3.46. The number of carboxylic acids is 1. The van der Waals surface area contributed by atoms with E-state index in [0.29, 0.717) is 12.8 Å². The van der Waals surface area contributed by atoms with Crippen molar-refractivity contribution in [1.82, 2.24) is 10.6 Å². The molecule has 2 aromatic rings.